The largest absolute Gasteiger partial charge is 0.467 e. The van der Waals surface area contributed by atoms with Crippen molar-refractivity contribution in [2.45, 2.75) is 39.8 Å². The van der Waals surface area contributed by atoms with Crippen molar-refractivity contribution in [3.8, 4) is 0 Å². The van der Waals surface area contributed by atoms with E-state index in [9.17, 15) is 4.79 Å². The molecule has 0 spiro atoms. The van der Waals surface area contributed by atoms with Gasteiger partial charge in [-0.25, -0.2) is 4.98 Å². The summed E-state index contributed by atoms with van der Waals surface area (Å²) in [6.07, 6.45) is 5.89. The summed E-state index contributed by atoms with van der Waals surface area (Å²) in [6.45, 7) is 6.46. The van der Waals surface area contributed by atoms with Crippen molar-refractivity contribution in [3.05, 3.63) is 64.0 Å². The molecule has 0 amide bonds. The lowest BCUT2D eigenvalue weighted by atomic mass is 10.2. The molecule has 25 heavy (non-hydrogen) atoms. The van der Waals surface area contributed by atoms with Crippen molar-refractivity contribution in [1.82, 2.24) is 9.38 Å². The van der Waals surface area contributed by atoms with Gasteiger partial charge < -0.3 is 9.73 Å². The van der Waals surface area contributed by atoms with E-state index in [1.807, 2.05) is 38.1 Å². The maximum atomic E-state index is 12.9. The lowest BCUT2D eigenvalue weighted by Gasteiger charge is -2.11. The molecule has 6 nitrogen and oxygen atoms in total. The van der Waals surface area contributed by atoms with Gasteiger partial charge in [-0.3, -0.25) is 14.2 Å². The highest BCUT2D eigenvalue weighted by molar-refractivity contribution is 5.86. The minimum absolute atomic E-state index is 0.136. The van der Waals surface area contributed by atoms with Crippen LogP contribution in [0.1, 0.15) is 37.2 Å². The lowest BCUT2D eigenvalue weighted by Crippen LogP contribution is -2.23. The van der Waals surface area contributed by atoms with E-state index in [1.165, 1.54) is 0 Å². The fourth-order valence-electron chi connectivity index (χ4n) is 2.45. The number of nitrogens with zero attached hydrogens (tertiary/aromatic N) is 3. The maximum Gasteiger partial charge on any atom is 0.268 e. The number of anilines is 1. The van der Waals surface area contributed by atoms with Crippen LogP contribution < -0.4 is 10.9 Å². The molecule has 130 valence electrons. The summed E-state index contributed by atoms with van der Waals surface area (Å²) >= 11 is 0. The van der Waals surface area contributed by atoms with Gasteiger partial charge in [0, 0.05) is 18.5 Å². The molecule has 6 heteroatoms. The average Bonchev–Trinajstić information content (AvgIpc) is 3.13. The second kappa shape index (κ2) is 7.34. The first-order valence-corrected chi connectivity index (χ1v) is 8.41. The number of aromatic nitrogens is 2. The zero-order chi connectivity index (χ0) is 17.8. The number of hydrogen-bond donors (Lipinski definition) is 1. The van der Waals surface area contributed by atoms with E-state index >= 15 is 0 Å². The molecule has 0 aliphatic carbocycles. The normalized spacial score (nSPS) is 12.8. The predicted octanol–water partition coefficient (Wildman–Crippen LogP) is 3.43. The van der Waals surface area contributed by atoms with Crippen LogP contribution in [-0.4, -0.2) is 21.6 Å². The molecule has 0 aromatic carbocycles. The van der Waals surface area contributed by atoms with Crippen molar-refractivity contribution in [2.75, 3.05) is 5.32 Å². The number of pyridine rings is 1. The molecule has 0 aliphatic heterocycles. The molecular formula is C19H22N4O2. The van der Waals surface area contributed by atoms with Crippen LogP contribution in [0.15, 0.2) is 50.9 Å². The van der Waals surface area contributed by atoms with E-state index in [4.69, 9.17) is 4.42 Å². The van der Waals surface area contributed by atoms with E-state index < -0.39 is 0 Å². The average molecular weight is 338 g/mol. The van der Waals surface area contributed by atoms with Crippen LogP contribution in [0.2, 0.25) is 0 Å². The Morgan fingerprint density at radius 1 is 1.40 bits per heavy atom. The number of hydrogen-bond acceptors (Lipinski definition) is 5. The first-order chi connectivity index (χ1) is 12.1. The number of nitrogens with one attached hydrogen (secondary N) is 1. The Morgan fingerprint density at radius 2 is 2.24 bits per heavy atom. The predicted molar refractivity (Wildman–Crippen MR) is 99.6 cm³/mol. The fraction of sp³-hybridized carbons (Fsp3) is 0.316. The van der Waals surface area contributed by atoms with Crippen molar-refractivity contribution < 1.29 is 4.42 Å². The smallest absolute Gasteiger partial charge is 0.268 e. The van der Waals surface area contributed by atoms with Crippen molar-refractivity contribution in [2.24, 2.45) is 4.99 Å². The SMILES string of the molecule is CC[C@H](C)N=Cc1c(NCc2ccco2)nc2c(C)cccn2c1=O. The van der Waals surface area contributed by atoms with Gasteiger partial charge in [0.2, 0.25) is 0 Å². The van der Waals surface area contributed by atoms with Crippen LogP contribution in [0.5, 0.6) is 0 Å². The second-order valence-electron chi connectivity index (χ2n) is 6.03. The number of fused-ring (bicyclic) bond motifs is 1. The Morgan fingerprint density at radius 3 is 2.96 bits per heavy atom. The van der Waals surface area contributed by atoms with E-state index in [1.54, 1.807) is 23.1 Å². The van der Waals surface area contributed by atoms with Gasteiger partial charge in [-0.2, -0.15) is 0 Å². The van der Waals surface area contributed by atoms with Gasteiger partial charge in [0.15, 0.2) is 0 Å². The Bertz CT molecular complexity index is 942. The van der Waals surface area contributed by atoms with Gasteiger partial charge in [0.1, 0.15) is 22.8 Å². The molecule has 3 rings (SSSR count). The molecule has 0 radical (unpaired) electrons. The summed E-state index contributed by atoms with van der Waals surface area (Å²) in [7, 11) is 0. The quantitative estimate of drug-likeness (QED) is 0.699. The number of rotatable bonds is 6. The highest BCUT2D eigenvalue weighted by atomic mass is 16.3. The molecule has 3 heterocycles. The fourth-order valence-corrected chi connectivity index (χ4v) is 2.45. The van der Waals surface area contributed by atoms with Crippen LogP contribution in [-0.2, 0) is 6.54 Å². The molecule has 1 N–H and O–H groups in total. The molecule has 0 saturated carbocycles. The van der Waals surface area contributed by atoms with Gasteiger partial charge >= 0.3 is 0 Å². The van der Waals surface area contributed by atoms with Crippen LogP contribution in [0, 0.1) is 6.92 Å². The lowest BCUT2D eigenvalue weighted by molar-refractivity contribution is 0.518. The zero-order valence-corrected chi connectivity index (χ0v) is 14.7. The third-order valence-electron chi connectivity index (χ3n) is 4.14. The second-order valence-corrected chi connectivity index (χ2v) is 6.03. The van der Waals surface area contributed by atoms with Gasteiger partial charge in [0.05, 0.1) is 12.8 Å². The molecule has 0 saturated heterocycles. The molecule has 1 atom stereocenters. The topological polar surface area (TPSA) is 71.9 Å². The van der Waals surface area contributed by atoms with Crippen molar-refractivity contribution >= 4 is 17.7 Å². The number of aryl methyl sites for hydroxylation is 1. The highest BCUT2D eigenvalue weighted by Gasteiger charge is 2.13. The Labute approximate surface area is 146 Å². The summed E-state index contributed by atoms with van der Waals surface area (Å²) in [5.74, 6) is 1.29. The minimum Gasteiger partial charge on any atom is -0.467 e. The number of furan rings is 1. The Balaban J connectivity index is 2.08. The van der Waals surface area contributed by atoms with Gasteiger partial charge in [-0.15, -0.1) is 0 Å². The van der Waals surface area contributed by atoms with Crippen LogP contribution in [0.25, 0.3) is 5.65 Å². The molecule has 0 aliphatic rings. The van der Waals surface area contributed by atoms with E-state index in [0.29, 0.717) is 23.6 Å². The monoisotopic (exact) mass is 338 g/mol. The van der Waals surface area contributed by atoms with Gasteiger partial charge in [0.25, 0.3) is 5.56 Å². The van der Waals surface area contributed by atoms with Crippen LogP contribution in [0.3, 0.4) is 0 Å². The summed E-state index contributed by atoms with van der Waals surface area (Å²) < 4.78 is 6.91. The van der Waals surface area contributed by atoms with Crippen LogP contribution >= 0.6 is 0 Å². The van der Waals surface area contributed by atoms with Crippen LogP contribution in [0.4, 0.5) is 5.82 Å². The highest BCUT2D eigenvalue weighted by Crippen LogP contribution is 2.14. The van der Waals surface area contributed by atoms with Gasteiger partial charge in [-0.1, -0.05) is 13.0 Å². The van der Waals surface area contributed by atoms with E-state index in [0.717, 1.165) is 17.7 Å². The zero-order valence-electron chi connectivity index (χ0n) is 14.7. The minimum atomic E-state index is -0.136. The maximum absolute atomic E-state index is 12.9. The Kier molecular flexibility index (Phi) is 4.97. The van der Waals surface area contributed by atoms with Gasteiger partial charge in [-0.05, 0) is 44.0 Å². The standard InChI is InChI=1S/C19H22N4O2/c1-4-14(3)20-12-16-17(21-11-15-8-6-10-25-15)22-18-13(2)7-5-9-23(18)19(16)24/h5-10,12,14,21H,4,11H2,1-3H3/t14-/m0/s1. The molecule has 0 fully saturated rings. The molecule has 0 bridgehead atoms. The van der Waals surface area contributed by atoms with Crippen molar-refractivity contribution in [3.63, 3.8) is 0 Å². The summed E-state index contributed by atoms with van der Waals surface area (Å²) in [4.78, 5) is 22.1. The molecule has 3 aromatic heterocycles. The van der Waals surface area contributed by atoms with Crippen molar-refractivity contribution in [1.29, 1.82) is 0 Å². The summed E-state index contributed by atoms with van der Waals surface area (Å²) in [5.41, 5.74) is 1.89. The first-order valence-electron chi connectivity index (χ1n) is 8.41. The number of aliphatic imine (C=N–C) groups is 1. The third-order valence-corrected chi connectivity index (χ3v) is 4.14. The van der Waals surface area contributed by atoms with E-state index in [2.05, 4.69) is 22.2 Å². The summed E-state index contributed by atoms with van der Waals surface area (Å²) in [6, 6.07) is 7.63. The molecular weight excluding hydrogens is 316 g/mol. The summed E-state index contributed by atoms with van der Waals surface area (Å²) in [5, 5.41) is 3.21. The molecule has 3 aromatic rings. The molecule has 0 unspecified atom stereocenters. The first kappa shape index (κ1) is 17.0. The third kappa shape index (κ3) is 3.63. The Hall–Kier alpha value is -2.89. The van der Waals surface area contributed by atoms with E-state index in [-0.39, 0.29) is 11.6 Å².